The molecule has 73 heavy (non-hydrogen) atoms. The smallest absolute Gasteiger partial charge is 0.345 e. The van der Waals surface area contributed by atoms with Crippen LogP contribution in [-0.4, -0.2) is 94.3 Å². The van der Waals surface area contributed by atoms with E-state index in [4.69, 9.17) is 18.9 Å². The molecule has 2 amide bonds. The van der Waals surface area contributed by atoms with Crippen LogP contribution in [-0.2, 0) is 38.1 Å². The van der Waals surface area contributed by atoms with Crippen LogP contribution >= 0.6 is 0 Å². The van der Waals surface area contributed by atoms with Crippen molar-refractivity contribution in [2.24, 2.45) is 21.7 Å². The summed E-state index contributed by atoms with van der Waals surface area (Å²) >= 11 is 0. The average Bonchev–Trinajstić information content (AvgIpc) is 3.27. The number of amides is 2. The lowest BCUT2D eigenvalue weighted by Gasteiger charge is -2.20. The van der Waals surface area contributed by atoms with Crippen LogP contribution in [0.3, 0.4) is 0 Å². The summed E-state index contributed by atoms with van der Waals surface area (Å²) in [4.78, 5) is 97.3. The molecule has 0 bridgehead atoms. The number of aromatic amines is 1. The van der Waals surface area contributed by atoms with E-state index in [1.807, 2.05) is 83.1 Å². The number of anilines is 6. The van der Waals surface area contributed by atoms with E-state index < -0.39 is 29.9 Å². The fraction of sp³-hybridized carbons (Fsp3) is 0.472. The monoisotopic (exact) mass is 1010 g/mol. The Morgan fingerprint density at radius 1 is 0.534 bits per heavy atom. The van der Waals surface area contributed by atoms with Crippen molar-refractivity contribution in [1.29, 1.82) is 0 Å². The molecule has 0 unspecified atom stereocenters. The maximum Gasteiger partial charge on any atom is 0.345 e. The Labute approximate surface area is 427 Å². The van der Waals surface area contributed by atoms with Gasteiger partial charge in [-0.1, -0.05) is 107 Å². The maximum atomic E-state index is 13.2. The Morgan fingerprint density at radius 2 is 0.904 bits per heavy atom. The van der Waals surface area contributed by atoms with Gasteiger partial charge in [0.2, 0.25) is 23.8 Å². The van der Waals surface area contributed by atoms with Gasteiger partial charge in [-0.05, 0) is 89.0 Å². The Morgan fingerprint density at radius 3 is 1.27 bits per heavy atom. The van der Waals surface area contributed by atoms with Crippen molar-refractivity contribution in [2.45, 2.75) is 103 Å². The number of unbranched alkanes of at least 4 members (excludes halogenated alkanes) is 1. The molecule has 0 aliphatic carbocycles. The summed E-state index contributed by atoms with van der Waals surface area (Å²) in [6.07, 6.45) is 4.04. The van der Waals surface area contributed by atoms with Crippen molar-refractivity contribution in [2.75, 3.05) is 60.8 Å². The molecular formula is C53H72N10O10. The van der Waals surface area contributed by atoms with Gasteiger partial charge in [0, 0.05) is 36.2 Å². The van der Waals surface area contributed by atoms with Crippen molar-refractivity contribution in [3.63, 3.8) is 0 Å². The number of hydrogen-bond acceptors (Lipinski definition) is 17. The molecule has 2 heterocycles. The number of benzene rings is 2. The molecule has 0 saturated carbocycles. The average molecular weight is 1010 g/mol. The summed E-state index contributed by atoms with van der Waals surface area (Å²) < 4.78 is 22.0. The number of carbonyl (C=O) groups is 5. The molecule has 0 atom stereocenters. The fourth-order valence-corrected chi connectivity index (χ4v) is 5.77. The number of urea groups is 1. The van der Waals surface area contributed by atoms with Crippen LogP contribution in [0.15, 0.2) is 70.5 Å². The second-order valence-electron chi connectivity index (χ2n) is 22.2. The first-order chi connectivity index (χ1) is 34.0. The minimum atomic E-state index is -0.791. The highest BCUT2D eigenvalue weighted by Gasteiger charge is 2.27. The maximum absolute atomic E-state index is 13.2. The van der Waals surface area contributed by atoms with Crippen LogP contribution in [0.2, 0.25) is 0 Å². The Kier molecular flexibility index (Phi) is 20.4. The predicted molar refractivity (Wildman–Crippen MR) is 281 cm³/mol. The second-order valence-corrected chi connectivity index (χ2v) is 22.2. The normalized spacial score (nSPS) is 11.6. The molecule has 20 heteroatoms. The first-order valence-electron chi connectivity index (χ1n) is 24.0. The molecule has 0 radical (unpaired) electrons. The van der Waals surface area contributed by atoms with E-state index in [1.54, 1.807) is 55.5 Å². The van der Waals surface area contributed by atoms with Crippen LogP contribution in [0.5, 0.6) is 0 Å². The van der Waals surface area contributed by atoms with E-state index in [0.717, 1.165) is 0 Å². The molecule has 6 N–H and O–H groups in total. The molecule has 4 aromatic rings. The zero-order chi connectivity index (χ0) is 54.1. The number of carbonyl (C=O) groups excluding carboxylic acids is 5. The third-order valence-corrected chi connectivity index (χ3v) is 9.29. The Balaban J connectivity index is 1.56. The number of esters is 4. The van der Waals surface area contributed by atoms with E-state index in [-0.39, 0.29) is 88.6 Å². The number of ether oxygens (including phenoxy) is 4. The SMILES string of the molecule is Cc1cc(=O)[nH]c(NC(=O)NCCCCNc2nc(Nc3ccc(C=C(C(=O)OCC(C)(C)C)C(=O)OCC(C)(C)C)cc3)nc(Nc3ccc(C=C(C(=O)OCC(C)(C)C)C(=O)OCC(C)(C)C)cc3)n2)n1. The molecule has 20 nitrogen and oxygen atoms in total. The molecule has 0 fully saturated rings. The van der Waals surface area contributed by atoms with E-state index >= 15 is 0 Å². The van der Waals surface area contributed by atoms with Crippen LogP contribution < -0.4 is 32.1 Å². The van der Waals surface area contributed by atoms with Gasteiger partial charge < -0.3 is 40.2 Å². The fourth-order valence-electron chi connectivity index (χ4n) is 5.77. The highest BCUT2D eigenvalue weighted by Crippen LogP contribution is 2.24. The first-order valence-corrected chi connectivity index (χ1v) is 24.0. The highest BCUT2D eigenvalue weighted by molar-refractivity contribution is 6.18. The van der Waals surface area contributed by atoms with E-state index in [9.17, 15) is 28.8 Å². The summed E-state index contributed by atoms with van der Waals surface area (Å²) in [7, 11) is 0. The molecule has 0 aliphatic rings. The molecule has 2 aromatic heterocycles. The third-order valence-electron chi connectivity index (χ3n) is 9.29. The second kappa shape index (κ2) is 25.7. The van der Waals surface area contributed by atoms with Gasteiger partial charge in [0.05, 0.1) is 26.4 Å². The Bertz CT molecular complexity index is 2470. The summed E-state index contributed by atoms with van der Waals surface area (Å²) in [6, 6.07) is 14.5. The van der Waals surface area contributed by atoms with Crippen molar-refractivity contribution >= 4 is 77.2 Å². The lowest BCUT2D eigenvalue weighted by Crippen LogP contribution is -2.31. The Hall–Kier alpha value is -7.64. The minimum Gasteiger partial charge on any atom is -0.461 e. The molecular weight excluding hydrogens is 937 g/mol. The molecule has 394 valence electrons. The lowest BCUT2D eigenvalue weighted by molar-refractivity contribution is -0.151. The third kappa shape index (κ3) is 22.5. The van der Waals surface area contributed by atoms with Gasteiger partial charge in [0.25, 0.3) is 5.56 Å². The molecule has 4 rings (SSSR count). The lowest BCUT2D eigenvalue weighted by atomic mass is 9.98. The number of aromatic nitrogens is 5. The van der Waals surface area contributed by atoms with Gasteiger partial charge in [-0.2, -0.15) is 15.0 Å². The highest BCUT2D eigenvalue weighted by atomic mass is 16.6. The van der Waals surface area contributed by atoms with E-state index in [1.165, 1.54) is 18.2 Å². The van der Waals surface area contributed by atoms with Crippen molar-refractivity contribution in [1.82, 2.24) is 30.2 Å². The molecule has 0 saturated heterocycles. The van der Waals surface area contributed by atoms with Gasteiger partial charge in [-0.3, -0.25) is 15.1 Å². The van der Waals surface area contributed by atoms with Gasteiger partial charge in [0.1, 0.15) is 11.1 Å². The largest absolute Gasteiger partial charge is 0.461 e. The van der Waals surface area contributed by atoms with Gasteiger partial charge >= 0.3 is 29.9 Å². The summed E-state index contributed by atoms with van der Waals surface area (Å²) in [6.45, 7) is 25.8. The zero-order valence-electron chi connectivity index (χ0n) is 44.4. The van der Waals surface area contributed by atoms with Crippen molar-refractivity contribution < 1.29 is 42.9 Å². The first kappa shape index (κ1) is 57.9. The van der Waals surface area contributed by atoms with E-state index in [2.05, 4.69) is 51.5 Å². The van der Waals surface area contributed by atoms with Crippen LogP contribution in [0.4, 0.5) is 40.0 Å². The topological polar surface area (TPSA) is 267 Å². The number of rotatable bonds is 21. The molecule has 0 spiro atoms. The molecule has 2 aromatic carbocycles. The number of aryl methyl sites for hydroxylation is 1. The van der Waals surface area contributed by atoms with Gasteiger partial charge in [0.15, 0.2) is 0 Å². The van der Waals surface area contributed by atoms with E-state index in [0.29, 0.717) is 54.1 Å². The quantitative estimate of drug-likeness (QED) is 0.0114. The van der Waals surface area contributed by atoms with Crippen LogP contribution in [0, 0.1) is 28.6 Å². The zero-order valence-corrected chi connectivity index (χ0v) is 44.4. The van der Waals surface area contributed by atoms with Crippen molar-refractivity contribution in [3.05, 3.63) is 92.9 Å². The minimum absolute atomic E-state index is 0.0429. The van der Waals surface area contributed by atoms with Gasteiger partial charge in [-0.15, -0.1) is 0 Å². The number of nitrogens with one attached hydrogen (secondary N) is 6. The predicted octanol–water partition coefficient (Wildman–Crippen LogP) is 8.89. The van der Waals surface area contributed by atoms with Crippen molar-refractivity contribution in [3.8, 4) is 0 Å². The number of hydrogen-bond donors (Lipinski definition) is 6. The number of H-pyrrole nitrogens is 1. The molecule has 0 aliphatic heterocycles. The summed E-state index contributed by atoms with van der Waals surface area (Å²) in [5.74, 6) is -2.58. The standard InChI is InChI=1S/C53H72N10O10/c1-33-26-40(64)59-46(56-33)63-49(69)55-25-15-14-24-54-45-60-47(57-36-20-16-34(17-21-36)27-38(41(65)70-29-50(2,3)4)42(66)71-30-51(5,6)7)62-48(61-45)58-37-22-18-35(19-23-37)28-39(43(67)72-31-52(8,9)10)44(68)73-32-53(11,12)13/h16-23,26-28H,14-15,24-25,29-32H2,1-13H3,(H3,54,57,58,60,61,62)(H3,55,56,59,63,64,69). The summed E-state index contributed by atoms with van der Waals surface area (Å²) in [5.41, 5.74) is 0.495. The number of nitrogens with zero attached hydrogens (tertiary/aromatic N) is 4. The summed E-state index contributed by atoms with van der Waals surface area (Å²) in [5, 5.41) is 14.8. The van der Waals surface area contributed by atoms with Crippen LogP contribution in [0.25, 0.3) is 12.2 Å². The van der Waals surface area contributed by atoms with Gasteiger partial charge in [-0.25, -0.2) is 29.0 Å². The van der Waals surface area contributed by atoms with Crippen LogP contribution in [0.1, 0.15) is 113 Å².